The summed E-state index contributed by atoms with van der Waals surface area (Å²) in [6.07, 6.45) is 0.163. The Morgan fingerprint density at radius 3 is 2.75 bits per heavy atom. The fourth-order valence-corrected chi connectivity index (χ4v) is 2.17. The Kier molecular flexibility index (Phi) is 2.99. The second-order valence-electron chi connectivity index (χ2n) is 4.03. The van der Waals surface area contributed by atoms with Crippen molar-refractivity contribution in [2.24, 2.45) is 7.05 Å². The van der Waals surface area contributed by atoms with E-state index in [4.69, 9.17) is 5.11 Å². The minimum atomic E-state index is -0.796. The molecule has 1 aromatic carbocycles. The van der Waals surface area contributed by atoms with Crippen LogP contribution in [0.2, 0.25) is 0 Å². The Morgan fingerprint density at radius 2 is 2.12 bits per heavy atom. The molecule has 2 aromatic rings. The number of aromatic nitrogens is 1. The molecule has 3 nitrogen and oxygen atoms in total. The highest BCUT2D eigenvalue weighted by Gasteiger charge is 2.13. The number of nitrogens with zero attached hydrogens (tertiary/aromatic N) is 1. The molecule has 0 aliphatic heterocycles. The van der Waals surface area contributed by atoms with Gasteiger partial charge in [-0.25, -0.2) is 0 Å². The summed E-state index contributed by atoms with van der Waals surface area (Å²) in [6.45, 7) is 1.87. The fraction of sp³-hybridized carbons (Fsp3) is 0.385. The van der Waals surface area contributed by atoms with Crippen molar-refractivity contribution in [1.29, 1.82) is 0 Å². The average Bonchev–Trinajstić information content (AvgIpc) is 2.65. The summed E-state index contributed by atoms with van der Waals surface area (Å²) in [7, 11) is 2.02. The predicted octanol–water partition coefficient (Wildman–Crippen LogP) is 1.77. The lowest BCUT2D eigenvalue weighted by Gasteiger charge is -2.09. The molecular formula is C13H17NO2. The molecule has 3 heteroatoms. The minimum Gasteiger partial charge on any atom is -0.393 e. The molecule has 86 valence electrons. The number of aryl methyl sites for hydroxylation is 2. The third kappa shape index (κ3) is 1.62. The van der Waals surface area contributed by atoms with Gasteiger partial charge in [-0.1, -0.05) is 19.1 Å². The molecule has 0 amide bonds. The van der Waals surface area contributed by atoms with E-state index in [0.29, 0.717) is 0 Å². The Bertz CT molecular complexity index is 502. The van der Waals surface area contributed by atoms with Crippen LogP contribution < -0.4 is 0 Å². The highest BCUT2D eigenvalue weighted by Crippen LogP contribution is 2.27. The lowest BCUT2D eigenvalue weighted by Crippen LogP contribution is -2.02. The van der Waals surface area contributed by atoms with Gasteiger partial charge >= 0.3 is 0 Å². The number of hydrogen-bond acceptors (Lipinski definition) is 2. The van der Waals surface area contributed by atoms with Gasteiger partial charge in [0.05, 0.1) is 6.61 Å². The van der Waals surface area contributed by atoms with E-state index in [-0.39, 0.29) is 6.61 Å². The standard InChI is InChI=1S/C13H17NO2/c1-3-9-7-11-10(13(16)8-15)5-4-6-12(11)14(9)2/h4-7,13,15-16H,3,8H2,1-2H3. The summed E-state index contributed by atoms with van der Waals surface area (Å²) >= 11 is 0. The van der Waals surface area contributed by atoms with Crippen molar-refractivity contribution in [3.05, 3.63) is 35.5 Å². The van der Waals surface area contributed by atoms with E-state index in [9.17, 15) is 5.11 Å². The molecule has 1 unspecified atom stereocenters. The normalized spacial score (nSPS) is 13.2. The first kappa shape index (κ1) is 11.2. The Balaban J connectivity index is 2.68. The van der Waals surface area contributed by atoms with Gasteiger partial charge in [0, 0.05) is 23.6 Å². The van der Waals surface area contributed by atoms with E-state index in [1.807, 2.05) is 25.2 Å². The first-order chi connectivity index (χ1) is 7.69. The number of hydrogen-bond donors (Lipinski definition) is 2. The van der Waals surface area contributed by atoms with Gasteiger partial charge in [0.1, 0.15) is 6.10 Å². The van der Waals surface area contributed by atoms with Gasteiger partial charge in [0.2, 0.25) is 0 Å². The maximum atomic E-state index is 9.74. The largest absolute Gasteiger partial charge is 0.393 e. The summed E-state index contributed by atoms with van der Waals surface area (Å²) in [5.41, 5.74) is 3.13. The summed E-state index contributed by atoms with van der Waals surface area (Å²) in [4.78, 5) is 0. The van der Waals surface area contributed by atoms with E-state index in [1.165, 1.54) is 5.69 Å². The van der Waals surface area contributed by atoms with E-state index in [1.54, 1.807) is 0 Å². The summed E-state index contributed by atoms with van der Waals surface area (Å²) in [5.74, 6) is 0. The minimum absolute atomic E-state index is 0.241. The van der Waals surface area contributed by atoms with E-state index in [0.717, 1.165) is 22.9 Å². The van der Waals surface area contributed by atoms with Crippen molar-refractivity contribution in [2.45, 2.75) is 19.4 Å². The van der Waals surface area contributed by atoms with Crippen LogP contribution in [0.1, 0.15) is 24.3 Å². The van der Waals surface area contributed by atoms with Crippen molar-refractivity contribution >= 4 is 10.9 Å². The highest BCUT2D eigenvalue weighted by atomic mass is 16.3. The maximum Gasteiger partial charge on any atom is 0.103 e. The van der Waals surface area contributed by atoms with Crippen molar-refractivity contribution in [1.82, 2.24) is 4.57 Å². The molecule has 0 fully saturated rings. The topological polar surface area (TPSA) is 45.4 Å². The number of aliphatic hydroxyl groups is 2. The lowest BCUT2D eigenvalue weighted by atomic mass is 10.1. The zero-order chi connectivity index (χ0) is 11.7. The van der Waals surface area contributed by atoms with Gasteiger partial charge in [-0.2, -0.15) is 0 Å². The van der Waals surface area contributed by atoms with Crippen LogP contribution >= 0.6 is 0 Å². The molecule has 0 aliphatic rings. The Labute approximate surface area is 94.9 Å². The van der Waals surface area contributed by atoms with E-state index in [2.05, 4.69) is 17.6 Å². The zero-order valence-corrected chi connectivity index (χ0v) is 9.64. The van der Waals surface area contributed by atoms with Gasteiger partial charge in [0.15, 0.2) is 0 Å². The number of rotatable bonds is 3. The zero-order valence-electron chi connectivity index (χ0n) is 9.64. The SMILES string of the molecule is CCc1cc2c(C(O)CO)cccc2n1C. The van der Waals surface area contributed by atoms with Crippen LogP contribution in [0.5, 0.6) is 0 Å². The molecule has 0 saturated carbocycles. The maximum absolute atomic E-state index is 9.74. The van der Waals surface area contributed by atoms with Crippen molar-refractivity contribution in [2.75, 3.05) is 6.61 Å². The van der Waals surface area contributed by atoms with Crippen molar-refractivity contribution < 1.29 is 10.2 Å². The van der Waals surface area contributed by atoms with Crippen LogP contribution in [0.25, 0.3) is 10.9 Å². The second kappa shape index (κ2) is 4.28. The molecule has 2 rings (SSSR count). The first-order valence-corrected chi connectivity index (χ1v) is 5.55. The Morgan fingerprint density at radius 1 is 1.38 bits per heavy atom. The third-order valence-electron chi connectivity index (χ3n) is 3.11. The first-order valence-electron chi connectivity index (χ1n) is 5.55. The molecular weight excluding hydrogens is 202 g/mol. The smallest absolute Gasteiger partial charge is 0.103 e. The highest BCUT2D eigenvalue weighted by molar-refractivity contribution is 5.85. The van der Waals surface area contributed by atoms with Crippen molar-refractivity contribution in [3.8, 4) is 0 Å². The van der Waals surface area contributed by atoms with Crippen LogP contribution in [0.15, 0.2) is 24.3 Å². The van der Waals surface area contributed by atoms with Gasteiger partial charge in [-0.05, 0) is 24.1 Å². The number of benzene rings is 1. The molecule has 0 radical (unpaired) electrons. The molecule has 2 N–H and O–H groups in total. The van der Waals surface area contributed by atoms with E-state index >= 15 is 0 Å². The molecule has 1 aromatic heterocycles. The molecule has 0 bridgehead atoms. The van der Waals surface area contributed by atoms with Gasteiger partial charge in [-0.15, -0.1) is 0 Å². The quantitative estimate of drug-likeness (QED) is 0.826. The van der Waals surface area contributed by atoms with Crippen LogP contribution in [0.4, 0.5) is 0 Å². The molecule has 16 heavy (non-hydrogen) atoms. The van der Waals surface area contributed by atoms with Crippen LogP contribution in [-0.4, -0.2) is 21.4 Å². The molecule has 1 heterocycles. The summed E-state index contributed by atoms with van der Waals surface area (Å²) < 4.78 is 2.13. The van der Waals surface area contributed by atoms with Gasteiger partial charge in [0.25, 0.3) is 0 Å². The predicted molar refractivity (Wildman–Crippen MR) is 64.3 cm³/mol. The average molecular weight is 219 g/mol. The summed E-state index contributed by atoms with van der Waals surface area (Å²) in [6, 6.07) is 7.89. The van der Waals surface area contributed by atoms with Gasteiger partial charge in [-0.3, -0.25) is 0 Å². The summed E-state index contributed by atoms with van der Waals surface area (Å²) in [5, 5.41) is 19.8. The van der Waals surface area contributed by atoms with Crippen molar-refractivity contribution in [3.63, 3.8) is 0 Å². The molecule has 0 aliphatic carbocycles. The molecule has 1 atom stereocenters. The van der Waals surface area contributed by atoms with Crippen LogP contribution in [0.3, 0.4) is 0 Å². The monoisotopic (exact) mass is 219 g/mol. The third-order valence-corrected chi connectivity index (χ3v) is 3.11. The van der Waals surface area contributed by atoms with Crippen LogP contribution in [0, 0.1) is 0 Å². The fourth-order valence-electron chi connectivity index (χ4n) is 2.17. The van der Waals surface area contributed by atoms with Gasteiger partial charge < -0.3 is 14.8 Å². The molecule has 0 saturated heterocycles. The van der Waals surface area contributed by atoms with E-state index < -0.39 is 6.10 Å². The number of aliphatic hydroxyl groups excluding tert-OH is 2. The molecule has 0 spiro atoms. The van der Waals surface area contributed by atoms with Crippen LogP contribution in [-0.2, 0) is 13.5 Å². The number of fused-ring (bicyclic) bond motifs is 1. The lowest BCUT2D eigenvalue weighted by molar-refractivity contribution is 0.0967. The second-order valence-corrected chi connectivity index (χ2v) is 4.03. The Hall–Kier alpha value is -1.32.